The summed E-state index contributed by atoms with van der Waals surface area (Å²) < 4.78 is 5.25. The predicted molar refractivity (Wildman–Crippen MR) is 122 cm³/mol. The summed E-state index contributed by atoms with van der Waals surface area (Å²) in [6.07, 6.45) is 1.69. The highest BCUT2D eigenvalue weighted by atomic mass is 35.5. The molecular weight excluding hydrogens is 396 g/mol. The first-order valence-electron chi connectivity index (χ1n) is 10.0. The minimum absolute atomic E-state index is 0.0214. The number of hydrogen-bond acceptors (Lipinski definition) is 3. The Morgan fingerprint density at radius 3 is 2.20 bits per heavy atom. The van der Waals surface area contributed by atoms with Gasteiger partial charge in [0.25, 0.3) is 0 Å². The van der Waals surface area contributed by atoms with Crippen LogP contribution in [0.4, 0.5) is 0 Å². The average molecular weight is 423 g/mol. The molecular formula is C25H27ClN2O2. The molecule has 0 aromatic heterocycles. The average Bonchev–Trinajstić information content (AvgIpc) is 2.80. The van der Waals surface area contributed by atoms with Gasteiger partial charge in [-0.05, 0) is 53.8 Å². The first-order valence-corrected chi connectivity index (χ1v) is 10.4. The van der Waals surface area contributed by atoms with Crippen LogP contribution < -0.4 is 15.4 Å². The Balaban J connectivity index is 1.83. The van der Waals surface area contributed by atoms with Crippen molar-refractivity contribution in [1.29, 1.82) is 0 Å². The molecule has 0 unspecified atom stereocenters. The van der Waals surface area contributed by atoms with E-state index < -0.39 is 6.04 Å². The number of benzene rings is 3. The van der Waals surface area contributed by atoms with Gasteiger partial charge in [0, 0.05) is 18.1 Å². The van der Waals surface area contributed by atoms with E-state index in [9.17, 15) is 4.79 Å². The molecule has 0 radical (unpaired) electrons. The third kappa shape index (κ3) is 5.85. The number of halogens is 1. The smallest absolute Gasteiger partial charge is 0.241 e. The molecule has 0 fully saturated rings. The summed E-state index contributed by atoms with van der Waals surface area (Å²) in [6, 6.07) is 25.2. The predicted octanol–water partition coefficient (Wildman–Crippen LogP) is 5.10. The molecule has 0 aliphatic carbocycles. The van der Waals surface area contributed by atoms with Gasteiger partial charge in [0.15, 0.2) is 0 Å². The van der Waals surface area contributed by atoms with E-state index in [4.69, 9.17) is 16.3 Å². The van der Waals surface area contributed by atoms with Crippen molar-refractivity contribution in [3.8, 4) is 5.75 Å². The van der Waals surface area contributed by atoms with Crippen molar-refractivity contribution in [3.63, 3.8) is 0 Å². The summed E-state index contributed by atoms with van der Waals surface area (Å²) in [4.78, 5) is 12.7. The van der Waals surface area contributed by atoms with E-state index in [0.717, 1.165) is 29.7 Å². The minimum Gasteiger partial charge on any atom is -0.497 e. The van der Waals surface area contributed by atoms with E-state index in [0.29, 0.717) is 5.02 Å². The minimum atomic E-state index is -0.451. The molecule has 0 aliphatic heterocycles. The van der Waals surface area contributed by atoms with Gasteiger partial charge in [0.05, 0.1) is 7.11 Å². The van der Waals surface area contributed by atoms with Gasteiger partial charge in [0.1, 0.15) is 11.8 Å². The van der Waals surface area contributed by atoms with Gasteiger partial charge >= 0.3 is 0 Å². The van der Waals surface area contributed by atoms with Crippen molar-refractivity contribution in [2.45, 2.75) is 24.9 Å². The second-order valence-corrected chi connectivity index (χ2v) is 7.55. The molecule has 0 aliphatic rings. The first-order chi connectivity index (χ1) is 14.6. The van der Waals surface area contributed by atoms with Crippen molar-refractivity contribution in [2.24, 2.45) is 0 Å². The molecule has 3 aromatic carbocycles. The van der Waals surface area contributed by atoms with Gasteiger partial charge in [-0.15, -0.1) is 0 Å². The fourth-order valence-electron chi connectivity index (χ4n) is 3.46. The van der Waals surface area contributed by atoms with Gasteiger partial charge < -0.3 is 10.1 Å². The SMILES string of the molecule is CNC(=O)[C@@H](N[C@@H](CCc1ccc(OC)cc1)c1ccc(Cl)cc1)c1ccccc1. The van der Waals surface area contributed by atoms with Crippen molar-refractivity contribution in [1.82, 2.24) is 10.6 Å². The number of hydrogen-bond donors (Lipinski definition) is 2. The zero-order valence-electron chi connectivity index (χ0n) is 17.3. The zero-order chi connectivity index (χ0) is 21.3. The Hall–Kier alpha value is -2.82. The Kier molecular flexibility index (Phi) is 7.89. The zero-order valence-corrected chi connectivity index (χ0v) is 18.0. The van der Waals surface area contributed by atoms with Crippen LogP contribution in [0.5, 0.6) is 5.75 Å². The molecule has 4 nitrogen and oxygen atoms in total. The Bertz CT molecular complexity index is 928. The summed E-state index contributed by atoms with van der Waals surface area (Å²) in [5.74, 6) is 0.777. The summed E-state index contributed by atoms with van der Waals surface area (Å²) in [6.45, 7) is 0. The van der Waals surface area contributed by atoms with Crippen molar-refractivity contribution in [3.05, 3.63) is 101 Å². The highest BCUT2D eigenvalue weighted by Gasteiger charge is 2.24. The maximum absolute atomic E-state index is 12.7. The van der Waals surface area contributed by atoms with Crippen LogP contribution in [0.1, 0.15) is 35.2 Å². The van der Waals surface area contributed by atoms with Crippen LogP contribution in [0, 0.1) is 0 Å². The van der Waals surface area contributed by atoms with E-state index in [-0.39, 0.29) is 11.9 Å². The lowest BCUT2D eigenvalue weighted by atomic mass is 9.96. The summed E-state index contributed by atoms with van der Waals surface area (Å²) in [5.41, 5.74) is 3.24. The van der Waals surface area contributed by atoms with Gasteiger partial charge in [-0.1, -0.05) is 66.2 Å². The third-order valence-corrected chi connectivity index (χ3v) is 5.41. The molecule has 0 bridgehead atoms. The molecule has 2 N–H and O–H groups in total. The largest absolute Gasteiger partial charge is 0.497 e. The standard InChI is InChI=1S/C25H27ClN2O2/c1-27-25(29)24(20-6-4-3-5-7-20)28-23(19-11-13-21(26)14-12-19)17-10-18-8-15-22(30-2)16-9-18/h3-9,11-16,23-24,28H,10,17H2,1-2H3,(H,27,29)/t23-,24-/m0/s1. The van der Waals surface area contributed by atoms with Crippen LogP contribution in [-0.2, 0) is 11.2 Å². The molecule has 0 heterocycles. The van der Waals surface area contributed by atoms with E-state index in [1.165, 1.54) is 5.56 Å². The molecule has 3 rings (SSSR count). The summed E-state index contributed by atoms with van der Waals surface area (Å²) in [5, 5.41) is 7.04. The molecule has 2 atom stereocenters. The lowest BCUT2D eigenvalue weighted by molar-refractivity contribution is -0.123. The molecule has 1 amide bonds. The van der Waals surface area contributed by atoms with Crippen LogP contribution in [0.25, 0.3) is 0 Å². The lowest BCUT2D eigenvalue weighted by Gasteiger charge is -2.26. The number of likely N-dealkylation sites (N-methyl/N-ethyl adjacent to an activating group) is 1. The molecule has 0 saturated carbocycles. The van der Waals surface area contributed by atoms with Crippen molar-refractivity contribution >= 4 is 17.5 Å². The van der Waals surface area contributed by atoms with Gasteiger partial charge in [-0.2, -0.15) is 0 Å². The summed E-state index contributed by atoms with van der Waals surface area (Å²) in [7, 11) is 3.33. The molecule has 156 valence electrons. The van der Waals surface area contributed by atoms with E-state index in [1.807, 2.05) is 66.7 Å². The molecule has 30 heavy (non-hydrogen) atoms. The molecule has 0 spiro atoms. The normalized spacial score (nSPS) is 12.8. The van der Waals surface area contributed by atoms with Crippen LogP contribution in [0.3, 0.4) is 0 Å². The fraction of sp³-hybridized carbons (Fsp3) is 0.240. The van der Waals surface area contributed by atoms with E-state index in [2.05, 4.69) is 22.8 Å². The van der Waals surface area contributed by atoms with Gasteiger partial charge in [-0.25, -0.2) is 0 Å². The number of methoxy groups -OCH3 is 1. The van der Waals surface area contributed by atoms with Crippen LogP contribution >= 0.6 is 11.6 Å². The van der Waals surface area contributed by atoms with Crippen LogP contribution in [-0.4, -0.2) is 20.1 Å². The monoisotopic (exact) mass is 422 g/mol. The summed E-state index contributed by atoms with van der Waals surface area (Å²) >= 11 is 6.10. The third-order valence-electron chi connectivity index (χ3n) is 5.16. The quantitative estimate of drug-likeness (QED) is 0.504. The molecule has 3 aromatic rings. The number of aryl methyl sites for hydroxylation is 1. The number of ether oxygens (including phenoxy) is 1. The fourth-order valence-corrected chi connectivity index (χ4v) is 3.58. The Labute approximate surface area is 183 Å². The second-order valence-electron chi connectivity index (χ2n) is 7.12. The van der Waals surface area contributed by atoms with Gasteiger partial charge in [0.2, 0.25) is 5.91 Å². The topological polar surface area (TPSA) is 50.4 Å². The van der Waals surface area contributed by atoms with Crippen LogP contribution in [0.2, 0.25) is 5.02 Å². The first kappa shape index (κ1) is 21.9. The Morgan fingerprint density at radius 2 is 1.60 bits per heavy atom. The number of rotatable bonds is 9. The number of carbonyl (C=O) groups is 1. The maximum atomic E-state index is 12.7. The number of amides is 1. The highest BCUT2D eigenvalue weighted by Crippen LogP contribution is 2.26. The maximum Gasteiger partial charge on any atom is 0.241 e. The van der Waals surface area contributed by atoms with Crippen molar-refractivity contribution in [2.75, 3.05) is 14.2 Å². The lowest BCUT2D eigenvalue weighted by Crippen LogP contribution is -2.38. The number of carbonyl (C=O) groups excluding carboxylic acids is 1. The van der Waals surface area contributed by atoms with E-state index in [1.54, 1.807) is 14.2 Å². The van der Waals surface area contributed by atoms with Crippen molar-refractivity contribution < 1.29 is 9.53 Å². The van der Waals surface area contributed by atoms with E-state index >= 15 is 0 Å². The second kappa shape index (κ2) is 10.8. The Morgan fingerprint density at radius 1 is 0.933 bits per heavy atom. The molecule has 5 heteroatoms. The number of nitrogens with one attached hydrogen (secondary N) is 2. The van der Waals surface area contributed by atoms with Gasteiger partial charge in [-0.3, -0.25) is 10.1 Å². The molecule has 0 saturated heterocycles. The van der Waals surface area contributed by atoms with Crippen LogP contribution in [0.15, 0.2) is 78.9 Å². The highest BCUT2D eigenvalue weighted by molar-refractivity contribution is 6.30.